The Hall–Kier alpha value is -4.76. The van der Waals surface area contributed by atoms with Crippen LogP contribution in [-0.2, 0) is 25.9 Å². The van der Waals surface area contributed by atoms with Crippen molar-refractivity contribution in [3.63, 3.8) is 0 Å². The van der Waals surface area contributed by atoms with Gasteiger partial charge < -0.3 is 8.83 Å². The van der Waals surface area contributed by atoms with Crippen molar-refractivity contribution in [2.45, 2.75) is 85.5 Å². The number of nitrogens with zero attached hydrogens (tertiary/aromatic N) is 7. The largest absolute Gasteiger partial charge is 0.461 e. The number of rotatable bonds is 9. The quantitative estimate of drug-likeness (QED) is 0.154. The van der Waals surface area contributed by atoms with Gasteiger partial charge in [-0.1, -0.05) is 106 Å². The number of hydrogen-bond donors (Lipinski definition) is 0. The maximum atomic E-state index is 6.44. The summed E-state index contributed by atoms with van der Waals surface area (Å²) >= 11 is 0. The van der Waals surface area contributed by atoms with Gasteiger partial charge in [-0.05, 0) is 42.3 Å². The second-order valence-corrected chi connectivity index (χ2v) is 15.5. The van der Waals surface area contributed by atoms with Gasteiger partial charge in [0.25, 0.3) is 0 Å². The standard InChI is InChI=1S/C40H45N7O2/c1-6-45(23-29-25-46(43-41-29)33-19-39(2,3)21-37-31(33)17-35(48-37)27-13-9-7-10-14-27)24-30-26-47(44-42-30)34-20-40(4,5)22-38-32(34)18-36(49-38)28-15-11-8-12-16-28/h7-18,25-26,33-34H,6,19-24H2,1-5H3. The van der Waals surface area contributed by atoms with Gasteiger partial charge in [0, 0.05) is 48.2 Å². The van der Waals surface area contributed by atoms with Crippen LogP contribution in [0.4, 0.5) is 0 Å². The Morgan fingerprint density at radius 1 is 0.673 bits per heavy atom. The van der Waals surface area contributed by atoms with Gasteiger partial charge in [0.15, 0.2) is 0 Å². The molecule has 0 bridgehead atoms. The zero-order valence-corrected chi connectivity index (χ0v) is 29.1. The predicted molar refractivity (Wildman–Crippen MR) is 189 cm³/mol. The molecule has 252 valence electrons. The average molecular weight is 656 g/mol. The summed E-state index contributed by atoms with van der Waals surface area (Å²) in [5.41, 5.74) is 6.67. The van der Waals surface area contributed by atoms with Crippen molar-refractivity contribution in [1.29, 1.82) is 0 Å². The smallest absolute Gasteiger partial charge is 0.134 e. The molecule has 2 atom stereocenters. The Balaban J connectivity index is 0.991. The Labute approximate surface area is 287 Å². The SMILES string of the molecule is CCN(Cc1cn(C2CC(C)(C)Cc3oc(-c4ccccc4)cc32)nn1)Cc1cn(C2CC(C)(C)Cc3oc(-c4ccccc4)cc32)nn1. The molecule has 4 aromatic heterocycles. The summed E-state index contributed by atoms with van der Waals surface area (Å²) in [6.07, 6.45) is 7.98. The number of fused-ring (bicyclic) bond motifs is 2. The lowest BCUT2D eigenvalue weighted by atomic mass is 9.75. The van der Waals surface area contributed by atoms with Crippen molar-refractivity contribution in [3.8, 4) is 22.6 Å². The van der Waals surface area contributed by atoms with E-state index in [1.54, 1.807) is 0 Å². The van der Waals surface area contributed by atoms with E-state index in [-0.39, 0.29) is 22.9 Å². The Kier molecular flexibility index (Phi) is 7.90. The summed E-state index contributed by atoms with van der Waals surface area (Å²) in [6, 6.07) is 25.2. The van der Waals surface area contributed by atoms with E-state index in [1.165, 1.54) is 11.1 Å². The third-order valence-corrected chi connectivity index (χ3v) is 10.3. The Bertz CT molecular complexity index is 1900. The molecule has 6 aromatic rings. The van der Waals surface area contributed by atoms with Crippen molar-refractivity contribution in [1.82, 2.24) is 34.9 Å². The Morgan fingerprint density at radius 3 is 1.51 bits per heavy atom. The molecule has 0 spiro atoms. The van der Waals surface area contributed by atoms with Gasteiger partial charge >= 0.3 is 0 Å². The molecule has 0 radical (unpaired) electrons. The van der Waals surface area contributed by atoms with Crippen LogP contribution in [0.5, 0.6) is 0 Å². The molecule has 0 fully saturated rings. The van der Waals surface area contributed by atoms with Crippen molar-refractivity contribution in [2.75, 3.05) is 6.54 Å². The molecule has 49 heavy (non-hydrogen) atoms. The van der Waals surface area contributed by atoms with E-state index in [1.807, 2.05) is 21.5 Å². The molecule has 0 aliphatic heterocycles. The second-order valence-electron chi connectivity index (χ2n) is 15.5. The highest BCUT2D eigenvalue weighted by Crippen LogP contribution is 2.46. The molecule has 2 aliphatic carbocycles. The van der Waals surface area contributed by atoms with Crippen molar-refractivity contribution >= 4 is 0 Å². The topological polar surface area (TPSA) is 90.9 Å². The zero-order valence-electron chi connectivity index (χ0n) is 29.1. The minimum atomic E-state index is 0.0751. The number of furan rings is 2. The van der Waals surface area contributed by atoms with Crippen LogP contribution in [0.3, 0.4) is 0 Å². The fourth-order valence-corrected chi connectivity index (χ4v) is 7.78. The molecule has 0 saturated carbocycles. The van der Waals surface area contributed by atoms with Crippen LogP contribution in [-0.4, -0.2) is 41.4 Å². The van der Waals surface area contributed by atoms with E-state index in [9.17, 15) is 0 Å². The average Bonchev–Trinajstić information content (AvgIpc) is 3.90. The van der Waals surface area contributed by atoms with E-state index >= 15 is 0 Å². The highest BCUT2D eigenvalue weighted by molar-refractivity contribution is 5.60. The first-order chi connectivity index (χ1) is 23.6. The summed E-state index contributed by atoms with van der Waals surface area (Å²) in [7, 11) is 0. The number of aromatic nitrogens is 6. The van der Waals surface area contributed by atoms with Gasteiger partial charge in [-0.3, -0.25) is 4.90 Å². The van der Waals surface area contributed by atoms with Crippen LogP contribution in [0.15, 0.2) is 94.0 Å². The van der Waals surface area contributed by atoms with Crippen molar-refractivity contribution in [3.05, 3.63) is 119 Å². The van der Waals surface area contributed by atoms with Gasteiger partial charge in [0.2, 0.25) is 0 Å². The van der Waals surface area contributed by atoms with Gasteiger partial charge in [0.05, 0.1) is 35.9 Å². The molecule has 9 nitrogen and oxygen atoms in total. The highest BCUT2D eigenvalue weighted by Gasteiger charge is 2.38. The van der Waals surface area contributed by atoms with Crippen LogP contribution < -0.4 is 0 Å². The zero-order chi connectivity index (χ0) is 33.8. The summed E-state index contributed by atoms with van der Waals surface area (Å²) in [5, 5.41) is 18.6. The summed E-state index contributed by atoms with van der Waals surface area (Å²) < 4.78 is 17.0. The molecule has 0 saturated heterocycles. The Morgan fingerprint density at radius 2 is 1.10 bits per heavy atom. The molecule has 0 amide bonds. The van der Waals surface area contributed by atoms with Crippen molar-refractivity contribution in [2.24, 2.45) is 10.8 Å². The van der Waals surface area contributed by atoms with Gasteiger partial charge in [0.1, 0.15) is 23.0 Å². The lowest BCUT2D eigenvalue weighted by Crippen LogP contribution is -2.28. The fourth-order valence-electron chi connectivity index (χ4n) is 7.78. The van der Waals surface area contributed by atoms with E-state index in [4.69, 9.17) is 8.83 Å². The lowest BCUT2D eigenvalue weighted by Gasteiger charge is -2.34. The molecule has 9 heteroatoms. The third kappa shape index (κ3) is 6.39. The van der Waals surface area contributed by atoms with Crippen LogP contribution in [0, 0.1) is 10.8 Å². The van der Waals surface area contributed by atoms with Crippen LogP contribution in [0.1, 0.15) is 93.6 Å². The lowest BCUT2D eigenvalue weighted by molar-refractivity contribution is 0.231. The maximum Gasteiger partial charge on any atom is 0.134 e. The molecule has 4 heterocycles. The predicted octanol–water partition coefficient (Wildman–Crippen LogP) is 8.54. The van der Waals surface area contributed by atoms with E-state index in [0.29, 0.717) is 13.1 Å². The monoisotopic (exact) mass is 655 g/mol. The summed E-state index contributed by atoms with van der Waals surface area (Å²) in [6.45, 7) is 13.6. The van der Waals surface area contributed by atoms with Gasteiger partial charge in [-0.15, -0.1) is 10.2 Å². The first-order valence-electron chi connectivity index (χ1n) is 17.5. The van der Waals surface area contributed by atoms with Gasteiger partial charge in [-0.25, -0.2) is 9.36 Å². The third-order valence-electron chi connectivity index (χ3n) is 10.3. The van der Waals surface area contributed by atoms with Gasteiger partial charge in [-0.2, -0.15) is 0 Å². The summed E-state index contributed by atoms with van der Waals surface area (Å²) in [5.74, 6) is 3.93. The van der Waals surface area contributed by atoms with Crippen LogP contribution in [0.2, 0.25) is 0 Å². The molecular formula is C40H45N7O2. The molecule has 8 rings (SSSR count). The first kappa shape index (κ1) is 31.5. The molecule has 2 unspecified atom stereocenters. The molecule has 2 aromatic carbocycles. The minimum absolute atomic E-state index is 0.0751. The molecule has 0 N–H and O–H groups in total. The van der Waals surface area contributed by atoms with Crippen molar-refractivity contribution < 1.29 is 8.83 Å². The number of benzene rings is 2. The molecule has 2 aliphatic rings. The number of hydrogen-bond acceptors (Lipinski definition) is 7. The fraction of sp³-hybridized carbons (Fsp3) is 0.400. The maximum absolute atomic E-state index is 6.44. The van der Waals surface area contributed by atoms with Crippen LogP contribution in [0.25, 0.3) is 22.6 Å². The summed E-state index contributed by atoms with van der Waals surface area (Å²) in [4.78, 5) is 2.34. The first-order valence-corrected chi connectivity index (χ1v) is 17.5. The van der Waals surface area contributed by atoms with E-state index in [2.05, 4.69) is 133 Å². The normalized spacial score (nSPS) is 19.6. The van der Waals surface area contributed by atoms with E-state index < -0.39 is 0 Å². The van der Waals surface area contributed by atoms with Crippen LogP contribution >= 0.6 is 0 Å². The minimum Gasteiger partial charge on any atom is -0.461 e. The highest BCUT2D eigenvalue weighted by atomic mass is 16.3. The van der Waals surface area contributed by atoms with E-state index in [0.717, 1.165) is 77.8 Å². The second kappa shape index (κ2) is 12.3. The molecular weight excluding hydrogens is 610 g/mol.